The third-order valence-electron chi connectivity index (χ3n) is 2.24. The van der Waals surface area contributed by atoms with Gasteiger partial charge in [0.25, 0.3) is 0 Å². The zero-order valence-electron chi connectivity index (χ0n) is 9.78. The van der Waals surface area contributed by atoms with E-state index in [1.54, 1.807) is 0 Å². The summed E-state index contributed by atoms with van der Waals surface area (Å²) in [7, 11) is -3.79. The Morgan fingerprint density at radius 1 is 1.21 bits per heavy atom. The third-order valence-corrected chi connectivity index (χ3v) is 4.07. The molecule has 0 bridgehead atoms. The zero-order chi connectivity index (χ0) is 14.5. The Hall–Kier alpha value is -0.790. The highest BCUT2D eigenvalue weighted by atomic mass is 35.5. The van der Waals surface area contributed by atoms with Crippen molar-refractivity contribution in [2.45, 2.75) is 11.1 Å². The molecular weight excluding hydrogens is 305 g/mol. The van der Waals surface area contributed by atoms with Gasteiger partial charge in [-0.25, -0.2) is 8.42 Å². The predicted molar refractivity (Wildman–Crippen MR) is 65.0 cm³/mol. The van der Waals surface area contributed by atoms with Crippen LogP contribution >= 0.6 is 11.6 Å². The summed E-state index contributed by atoms with van der Waals surface area (Å²) in [6.07, 6.45) is -4.57. The standard InChI is InChI=1S/C11H12ClF3O3S/c12-4-5-18-6-7-19(16,17)10-3-1-2-9(8-10)11(13,14)15/h1-3,8H,4-7H2. The van der Waals surface area contributed by atoms with E-state index in [1.807, 2.05) is 0 Å². The van der Waals surface area contributed by atoms with Crippen LogP contribution in [0.4, 0.5) is 13.2 Å². The molecule has 1 aromatic rings. The van der Waals surface area contributed by atoms with E-state index in [0.29, 0.717) is 6.07 Å². The summed E-state index contributed by atoms with van der Waals surface area (Å²) < 4.78 is 65.9. The molecule has 1 rings (SSSR count). The number of rotatable bonds is 6. The number of alkyl halides is 4. The van der Waals surface area contributed by atoms with Crippen LogP contribution in [0, 0.1) is 0 Å². The Kier molecular flexibility index (Phi) is 5.64. The average Bonchev–Trinajstić information content (AvgIpc) is 2.34. The molecule has 0 saturated carbocycles. The minimum absolute atomic E-state index is 0.106. The molecule has 0 radical (unpaired) electrons. The van der Waals surface area contributed by atoms with Crippen molar-refractivity contribution in [2.75, 3.05) is 24.8 Å². The van der Waals surface area contributed by atoms with Crippen molar-refractivity contribution in [3.63, 3.8) is 0 Å². The first-order valence-corrected chi connectivity index (χ1v) is 7.50. The van der Waals surface area contributed by atoms with E-state index in [2.05, 4.69) is 0 Å². The number of halogens is 4. The molecule has 0 spiro atoms. The lowest BCUT2D eigenvalue weighted by atomic mass is 10.2. The van der Waals surface area contributed by atoms with Gasteiger partial charge < -0.3 is 4.74 Å². The molecule has 0 aromatic heterocycles. The minimum atomic E-state index is -4.57. The van der Waals surface area contributed by atoms with Crippen LogP contribution in [0.2, 0.25) is 0 Å². The summed E-state index contributed by atoms with van der Waals surface area (Å²) >= 11 is 5.34. The van der Waals surface area contributed by atoms with E-state index in [-0.39, 0.29) is 29.7 Å². The molecule has 0 aliphatic carbocycles. The van der Waals surface area contributed by atoms with E-state index in [9.17, 15) is 21.6 Å². The molecule has 0 aliphatic rings. The van der Waals surface area contributed by atoms with E-state index < -0.39 is 21.6 Å². The van der Waals surface area contributed by atoms with Gasteiger partial charge in [-0.1, -0.05) is 6.07 Å². The number of hydrogen-bond donors (Lipinski definition) is 0. The Morgan fingerprint density at radius 2 is 1.89 bits per heavy atom. The summed E-state index contributed by atoms with van der Waals surface area (Å²) in [5, 5.41) is 0. The molecular formula is C11H12ClF3O3S. The van der Waals surface area contributed by atoms with Crippen molar-refractivity contribution in [3.05, 3.63) is 29.8 Å². The average molecular weight is 317 g/mol. The first-order valence-electron chi connectivity index (χ1n) is 5.31. The van der Waals surface area contributed by atoms with Crippen LogP contribution in [0.25, 0.3) is 0 Å². The molecule has 19 heavy (non-hydrogen) atoms. The molecule has 0 amide bonds. The maximum atomic E-state index is 12.5. The van der Waals surface area contributed by atoms with Crippen molar-refractivity contribution in [2.24, 2.45) is 0 Å². The Labute approximate surface area is 114 Å². The van der Waals surface area contributed by atoms with E-state index >= 15 is 0 Å². The lowest BCUT2D eigenvalue weighted by Crippen LogP contribution is -2.14. The lowest BCUT2D eigenvalue weighted by molar-refractivity contribution is -0.137. The normalized spacial score (nSPS) is 12.6. The Morgan fingerprint density at radius 3 is 2.47 bits per heavy atom. The molecule has 1 aromatic carbocycles. The first kappa shape index (κ1) is 16.3. The van der Waals surface area contributed by atoms with Crippen LogP contribution in [0.1, 0.15) is 5.56 Å². The number of sulfone groups is 1. The SMILES string of the molecule is O=S(=O)(CCOCCCl)c1cccc(C(F)(F)F)c1. The van der Waals surface area contributed by atoms with Crippen molar-refractivity contribution >= 4 is 21.4 Å². The summed E-state index contributed by atoms with van der Waals surface area (Å²) in [6, 6.07) is 3.64. The summed E-state index contributed by atoms with van der Waals surface area (Å²) in [6.45, 7) is 0.0883. The summed E-state index contributed by atoms with van der Waals surface area (Å²) in [5.41, 5.74) is -0.991. The second kappa shape index (κ2) is 6.58. The van der Waals surface area contributed by atoms with Gasteiger partial charge in [-0.05, 0) is 18.2 Å². The maximum Gasteiger partial charge on any atom is 0.416 e. The van der Waals surface area contributed by atoms with Gasteiger partial charge in [-0.2, -0.15) is 13.2 Å². The molecule has 0 unspecified atom stereocenters. The highest BCUT2D eigenvalue weighted by Crippen LogP contribution is 2.30. The fraction of sp³-hybridized carbons (Fsp3) is 0.455. The molecule has 0 N–H and O–H groups in total. The first-order chi connectivity index (χ1) is 8.77. The summed E-state index contributed by atoms with van der Waals surface area (Å²) in [4.78, 5) is -0.364. The van der Waals surface area contributed by atoms with Gasteiger partial charge in [-0.15, -0.1) is 11.6 Å². The van der Waals surface area contributed by atoms with Crippen molar-refractivity contribution in [1.82, 2.24) is 0 Å². The van der Waals surface area contributed by atoms with Gasteiger partial charge >= 0.3 is 6.18 Å². The van der Waals surface area contributed by atoms with Gasteiger partial charge in [-0.3, -0.25) is 0 Å². The minimum Gasteiger partial charge on any atom is -0.379 e. The second-order valence-electron chi connectivity index (χ2n) is 3.65. The monoisotopic (exact) mass is 316 g/mol. The topological polar surface area (TPSA) is 43.4 Å². The van der Waals surface area contributed by atoms with Crippen LogP contribution in [0.3, 0.4) is 0 Å². The molecule has 3 nitrogen and oxygen atoms in total. The number of ether oxygens (including phenoxy) is 1. The van der Waals surface area contributed by atoms with Crippen LogP contribution in [0.5, 0.6) is 0 Å². The van der Waals surface area contributed by atoms with Gasteiger partial charge in [0.05, 0.1) is 29.4 Å². The van der Waals surface area contributed by atoms with Crippen LogP contribution in [-0.2, 0) is 20.8 Å². The number of benzene rings is 1. The van der Waals surface area contributed by atoms with Gasteiger partial charge in [0.15, 0.2) is 9.84 Å². The van der Waals surface area contributed by atoms with Crippen molar-refractivity contribution in [1.29, 1.82) is 0 Å². The largest absolute Gasteiger partial charge is 0.416 e. The number of hydrogen-bond acceptors (Lipinski definition) is 3. The summed E-state index contributed by atoms with van der Waals surface area (Å²) in [5.74, 6) is -0.158. The van der Waals surface area contributed by atoms with Gasteiger partial charge in [0.1, 0.15) is 0 Å². The third kappa shape index (κ3) is 5.00. The molecule has 0 aliphatic heterocycles. The predicted octanol–water partition coefficient (Wildman–Crippen LogP) is 2.73. The van der Waals surface area contributed by atoms with Crippen molar-refractivity contribution < 1.29 is 26.3 Å². The van der Waals surface area contributed by atoms with Crippen LogP contribution in [0.15, 0.2) is 29.2 Å². The van der Waals surface area contributed by atoms with Gasteiger partial charge in [0, 0.05) is 5.88 Å². The maximum absolute atomic E-state index is 12.5. The fourth-order valence-corrected chi connectivity index (χ4v) is 2.58. The molecule has 0 atom stereocenters. The van der Waals surface area contributed by atoms with E-state index in [1.165, 1.54) is 0 Å². The lowest BCUT2D eigenvalue weighted by Gasteiger charge is -2.09. The molecule has 0 fully saturated rings. The second-order valence-corrected chi connectivity index (χ2v) is 6.13. The fourth-order valence-electron chi connectivity index (χ4n) is 1.31. The highest BCUT2D eigenvalue weighted by molar-refractivity contribution is 7.91. The van der Waals surface area contributed by atoms with E-state index in [0.717, 1.165) is 18.2 Å². The van der Waals surface area contributed by atoms with Gasteiger partial charge in [0.2, 0.25) is 0 Å². The Bertz CT molecular complexity index is 514. The van der Waals surface area contributed by atoms with Crippen LogP contribution < -0.4 is 0 Å². The molecule has 0 heterocycles. The van der Waals surface area contributed by atoms with Crippen molar-refractivity contribution in [3.8, 4) is 0 Å². The molecule has 0 saturated heterocycles. The van der Waals surface area contributed by atoms with E-state index in [4.69, 9.17) is 16.3 Å². The van der Waals surface area contributed by atoms with Crippen LogP contribution in [-0.4, -0.2) is 33.3 Å². The smallest absolute Gasteiger partial charge is 0.379 e. The quantitative estimate of drug-likeness (QED) is 0.599. The zero-order valence-corrected chi connectivity index (χ0v) is 11.4. The highest BCUT2D eigenvalue weighted by Gasteiger charge is 2.31. The molecule has 108 valence electrons. The molecule has 8 heteroatoms. The Balaban J connectivity index is 2.84.